The standard InChI is InChI=1S/C19H22F6O7S/c1-2-13(26)31-16-6-11-3-12(7-16)5-15(4-11,9-16)8-14(27)32-17(18(20,21)22,19(23,24)25)10-33(28,29)30/h2,11-12H,1,3-10H2,(H,28,29,30). The van der Waals surface area contributed by atoms with E-state index in [0.717, 1.165) is 12.5 Å². The molecule has 0 aliphatic heterocycles. The molecule has 0 spiro atoms. The summed E-state index contributed by atoms with van der Waals surface area (Å²) in [5.74, 6) is -5.65. The van der Waals surface area contributed by atoms with Crippen LogP contribution in [0.2, 0.25) is 0 Å². The molecule has 2 unspecified atom stereocenters. The summed E-state index contributed by atoms with van der Waals surface area (Å²) >= 11 is 0. The van der Waals surface area contributed by atoms with Gasteiger partial charge in [-0.2, -0.15) is 34.8 Å². The van der Waals surface area contributed by atoms with Crippen LogP contribution in [0.15, 0.2) is 12.7 Å². The van der Waals surface area contributed by atoms with Crippen LogP contribution in [0, 0.1) is 17.3 Å². The molecule has 0 aromatic heterocycles. The Morgan fingerprint density at radius 3 is 1.97 bits per heavy atom. The van der Waals surface area contributed by atoms with Gasteiger partial charge in [-0.3, -0.25) is 9.35 Å². The second kappa shape index (κ2) is 7.85. The van der Waals surface area contributed by atoms with Crippen molar-refractivity contribution in [3.8, 4) is 0 Å². The predicted molar refractivity (Wildman–Crippen MR) is 98.1 cm³/mol. The van der Waals surface area contributed by atoms with Crippen molar-refractivity contribution in [1.29, 1.82) is 0 Å². The Labute approximate surface area is 185 Å². The van der Waals surface area contributed by atoms with Gasteiger partial charge in [0.2, 0.25) is 0 Å². The summed E-state index contributed by atoms with van der Waals surface area (Å²) in [6.45, 7) is 3.31. The third-order valence-corrected chi connectivity index (χ3v) is 7.49. The van der Waals surface area contributed by atoms with Crippen LogP contribution in [0.4, 0.5) is 26.3 Å². The van der Waals surface area contributed by atoms with E-state index in [1.807, 2.05) is 0 Å². The molecular weight excluding hydrogens is 486 g/mol. The molecule has 0 radical (unpaired) electrons. The van der Waals surface area contributed by atoms with Crippen LogP contribution in [0.5, 0.6) is 0 Å². The summed E-state index contributed by atoms with van der Waals surface area (Å²) in [5, 5.41) is 0. The zero-order chi connectivity index (χ0) is 25.1. The molecule has 4 aliphatic rings. The van der Waals surface area contributed by atoms with Crippen LogP contribution in [-0.4, -0.2) is 54.2 Å². The minimum absolute atomic E-state index is 0.0466. The lowest BCUT2D eigenvalue weighted by Gasteiger charge is -2.61. The summed E-state index contributed by atoms with van der Waals surface area (Å²) in [5.41, 5.74) is -7.50. The summed E-state index contributed by atoms with van der Waals surface area (Å²) in [6, 6.07) is 0. The van der Waals surface area contributed by atoms with Gasteiger partial charge in [-0.1, -0.05) is 6.58 Å². The molecule has 4 aliphatic carbocycles. The van der Waals surface area contributed by atoms with Crippen molar-refractivity contribution in [1.82, 2.24) is 0 Å². The SMILES string of the molecule is C=CC(=O)OC12CC3CC(CC(CC(=O)OC(CS(=O)(=O)O)(C(F)(F)F)C(F)(F)F)(C3)C1)C2. The monoisotopic (exact) mass is 508 g/mol. The van der Waals surface area contributed by atoms with Crippen molar-refractivity contribution in [3.05, 3.63) is 12.7 Å². The molecule has 4 fully saturated rings. The van der Waals surface area contributed by atoms with Gasteiger partial charge in [0.05, 0.1) is 6.42 Å². The van der Waals surface area contributed by atoms with E-state index >= 15 is 0 Å². The molecule has 2 atom stereocenters. The van der Waals surface area contributed by atoms with Crippen molar-refractivity contribution in [2.75, 3.05) is 5.75 Å². The maximum atomic E-state index is 13.5. The van der Waals surface area contributed by atoms with Crippen molar-refractivity contribution >= 4 is 22.1 Å². The smallest absolute Gasteiger partial charge is 0.438 e. The van der Waals surface area contributed by atoms with E-state index in [2.05, 4.69) is 11.3 Å². The first-order valence-corrected chi connectivity index (χ1v) is 11.6. The second-order valence-corrected chi connectivity index (χ2v) is 10.9. The van der Waals surface area contributed by atoms with E-state index in [0.29, 0.717) is 25.7 Å². The lowest BCUT2D eigenvalue weighted by atomic mass is 9.47. The summed E-state index contributed by atoms with van der Waals surface area (Å²) in [7, 11) is -5.86. The van der Waals surface area contributed by atoms with E-state index in [9.17, 15) is 44.3 Å². The largest absolute Gasteiger partial charge is 0.456 e. The van der Waals surface area contributed by atoms with Gasteiger partial charge >= 0.3 is 29.9 Å². The Morgan fingerprint density at radius 2 is 1.55 bits per heavy atom. The van der Waals surface area contributed by atoms with Crippen molar-refractivity contribution in [2.24, 2.45) is 17.3 Å². The molecule has 4 bridgehead atoms. The third kappa shape index (κ3) is 5.00. The highest BCUT2D eigenvalue weighted by Crippen LogP contribution is 2.64. The molecule has 4 rings (SSSR count). The fourth-order valence-corrected chi connectivity index (χ4v) is 7.11. The number of alkyl halides is 6. The number of rotatable bonds is 7. The molecule has 0 amide bonds. The number of ether oxygens (including phenoxy) is 2. The van der Waals surface area contributed by atoms with E-state index < -0.39 is 63.2 Å². The molecule has 188 valence electrons. The molecule has 7 nitrogen and oxygen atoms in total. The fourth-order valence-electron chi connectivity index (χ4n) is 6.21. The second-order valence-electron chi connectivity index (χ2n) is 9.47. The Hall–Kier alpha value is -1.83. The average molecular weight is 508 g/mol. The maximum absolute atomic E-state index is 13.5. The summed E-state index contributed by atoms with van der Waals surface area (Å²) in [6.07, 6.45) is -10.4. The number of carbonyl (C=O) groups is 2. The molecule has 0 aromatic rings. The minimum Gasteiger partial charge on any atom is -0.456 e. The van der Waals surface area contributed by atoms with E-state index in [4.69, 9.17) is 9.29 Å². The highest BCUT2D eigenvalue weighted by atomic mass is 32.2. The highest BCUT2D eigenvalue weighted by molar-refractivity contribution is 7.85. The van der Waals surface area contributed by atoms with Crippen LogP contribution < -0.4 is 0 Å². The highest BCUT2D eigenvalue weighted by Gasteiger charge is 2.76. The lowest BCUT2D eigenvalue weighted by Crippen LogP contribution is -2.64. The molecule has 14 heteroatoms. The molecular formula is C19H22F6O7S. The fraction of sp³-hybridized carbons (Fsp3) is 0.789. The molecule has 4 saturated carbocycles. The van der Waals surface area contributed by atoms with Gasteiger partial charge in [0.25, 0.3) is 10.1 Å². The molecule has 1 N–H and O–H groups in total. The molecule has 0 saturated heterocycles. The number of carbonyl (C=O) groups excluding carboxylic acids is 2. The molecule has 0 aromatic carbocycles. The van der Waals surface area contributed by atoms with Crippen LogP contribution >= 0.6 is 0 Å². The van der Waals surface area contributed by atoms with Gasteiger partial charge < -0.3 is 9.47 Å². The maximum Gasteiger partial charge on any atom is 0.438 e. The summed E-state index contributed by atoms with van der Waals surface area (Å²) < 4.78 is 121. The van der Waals surface area contributed by atoms with Gasteiger partial charge in [-0.15, -0.1) is 0 Å². The summed E-state index contributed by atoms with van der Waals surface area (Å²) in [4.78, 5) is 24.3. The first kappa shape index (κ1) is 25.8. The Morgan fingerprint density at radius 1 is 1.03 bits per heavy atom. The quantitative estimate of drug-likeness (QED) is 0.242. The van der Waals surface area contributed by atoms with Crippen LogP contribution in [0.25, 0.3) is 0 Å². The Balaban J connectivity index is 1.89. The van der Waals surface area contributed by atoms with Crippen molar-refractivity contribution in [2.45, 2.75) is 68.5 Å². The number of esters is 2. The minimum atomic E-state index is -6.38. The van der Waals surface area contributed by atoms with Crippen LogP contribution in [0.1, 0.15) is 44.9 Å². The van der Waals surface area contributed by atoms with Gasteiger partial charge in [-0.25, -0.2) is 4.79 Å². The Bertz CT molecular complexity index is 911. The zero-order valence-corrected chi connectivity index (χ0v) is 18.0. The Kier molecular flexibility index (Phi) is 6.14. The van der Waals surface area contributed by atoms with E-state index in [-0.39, 0.29) is 18.3 Å². The number of hydrogen-bond donors (Lipinski definition) is 1. The van der Waals surface area contributed by atoms with Gasteiger partial charge in [0, 0.05) is 6.08 Å². The molecule has 33 heavy (non-hydrogen) atoms. The molecule has 0 heterocycles. The number of halogens is 6. The van der Waals surface area contributed by atoms with Crippen molar-refractivity contribution < 1.29 is 58.4 Å². The van der Waals surface area contributed by atoms with Gasteiger partial charge in [0.15, 0.2) is 0 Å². The van der Waals surface area contributed by atoms with Crippen LogP contribution in [0.3, 0.4) is 0 Å². The average Bonchev–Trinajstić information content (AvgIpc) is 2.55. The van der Waals surface area contributed by atoms with Gasteiger partial charge in [-0.05, 0) is 55.8 Å². The number of hydrogen-bond acceptors (Lipinski definition) is 6. The predicted octanol–water partition coefficient (Wildman–Crippen LogP) is 3.74. The first-order valence-electron chi connectivity index (χ1n) is 9.99. The van der Waals surface area contributed by atoms with Gasteiger partial charge in [0.1, 0.15) is 11.4 Å². The van der Waals surface area contributed by atoms with Crippen LogP contribution in [-0.2, 0) is 29.2 Å². The van der Waals surface area contributed by atoms with E-state index in [1.165, 1.54) is 0 Å². The normalized spacial score (nSPS) is 31.8. The first-order chi connectivity index (χ1) is 14.8. The topological polar surface area (TPSA) is 107 Å². The zero-order valence-electron chi connectivity index (χ0n) is 17.2. The third-order valence-electron chi connectivity index (χ3n) is 6.72. The van der Waals surface area contributed by atoms with E-state index in [1.54, 1.807) is 0 Å². The van der Waals surface area contributed by atoms with Crippen molar-refractivity contribution in [3.63, 3.8) is 0 Å². The lowest BCUT2D eigenvalue weighted by molar-refractivity contribution is -0.362.